The van der Waals surface area contributed by atoms with Crippen LogP contribution in [-0.4, -0.2) is 32.8 Å². The van der Waals surface area contributed by atoms with Crippen LogP contribution in [0.2, 0.25) is 0 Å². The van der Waals surface area contributed by atoms with Crippen LogP contribution >= 0.6 is 0 Å². The number of rotatable bonds is 7. The number of hydrogen-bond donors (Lipinski definition) is 2. The molecule has 2 aromatic heterocycles. The number of sulfonamides is 1. The molecular weight excluding hydrogens is 460 g/mol. The van der Waals surface area contributed by atoms with Crippen molar-refractivity contribution in [2.45, 2.75) is 24.2 Å². The number of nitrogens with two attached hydrogens (primary N) is 1. The van der Waals surface area contributed by atoms with Gasteiger partial charge in [-0.2, -0.15) is 0 Å². The third-order valence-corrected chi connectivity index (χ3v) is 6.97. The number of aryl methyl sites for hydroxylation is 2. The van der Waals surface area contributed by atoms with E-state index in [-0.39, 0.29) is 22.0 Å². The summed E-state index contributed by atoms with van der Waals surface area (Å²) in [7, 11) is -1.13. The Bertz CT molecular complexity index is 1480. The lowest BCUT2D eigenvalue weighted by Gasteiger charge is -2.13. The van der Waals surface area contributed by atoms with Crippen molar-refractivity contribution in [2.75, 3.05) is 24.7 Å². The van der Waals surface area contributed by atoms with Gasteiger partial charge in [-0.05, 0) is 48.6 Å². The molecule has 0 radical (unpaired) electrons. The summed E-state index contributed by atoms with van der Waals surface area (Å²) < 4.78 is 51.1. The summed E-state index contributed by atoms with van der Waals surface area (Å²) >= 11 is 0. The summed E-state index contributed by atoms with van der Waals surface area (Å²) in [6.45, 7) is 0. The maximum absolute atomic E-state index is 13.3. The average Bonchev–Trinajstić information content (AvgIpc) is 3.45. The van der Waals surface area contributed by atoms with Gasteiger partial charge in [-0.25, -0.2) is 13.4 Å². The van der Waals surface area contributed by atoms with E-state index in [0.717, 1.165) is 30.4 Å². The number of anilines is 2. The third kappa shape index (κ3) is 3.94. The van der Waals surface area contributed by atoms with Crippen molar-refractivity contribution in [3.63, 3.8) is 0 Å². The van der Waals surface area contributed by atoms with E-state index in [2.05, 4.69) is 14.9 Å². The van der Waals surface area contributed by atoms with E-state index in [0.29, 0.717) is 28.5 Å². The van der Waals surface area contributed by atoms with Crippen molar-refractivity contribution < 1.29 is 27.2 Å². The van der Waals surface area contributed by atoms with E-state index < -0.39 is 10.0 Å². The molecule has 0 atom stereocenters. The highest BCUT2D eigenvalue weighted by Gasteiger charge is 2.27. The molecule has 0 saturated heterocycles. The molecule has 34 heavy (non-hydrogen) atoms. The number of hydrogen-bond acceptors (Lipinski definition) is 9. The molecule has 0 spiro atoms. The van der Waals surface area contributed by atoms with Crippen LogP contribution in [0, 0.1) is 0 Å². The van der Waals surface area contributed by atoms with Gasteiger partial charge in [-0.15, -0.1) is 0 Å². The van der Waals surface area contributed by atoms with E-state index in [1.807, 2.05) is 0 Å². The molecule has 0 amide bonds. The summed E-state index contributed by atoms with van der Waals surface area (Å²) in [5.74, 6) is 1.26. The molecule has 10 nitrogen and oxygen atoms in total. The first-order chi connectivity index (χ1) is 16.4. The van der Waals surface area contributed by atoms with Crippen molar-refractivity contribution in [3.8, 4) is 23.1 Å². The van der Waals surface area contributed by atoms with Crippen molar-refractivity contribution in [1.29, 1.82) is 0 Å². The maximum Gasteiger partial charge on any atom is 0.266 e. The first kappa shape index (κ1) is 21.8. The molecule has 0 unspecified atom stereocenters. The predicted molar refractivity (Wildman–Crippen MR) is 125 cm³/mol. The fraction of sp³-hybridized carbons (Fsp3) is 0.217. The molecule has 0 fully saturated rings. The number of ether oxygens (including phenoxy) is 3. The molecule has 4 aromatic rings. The van der Waals surface area contributed by atoms with Gasteiger partial charge in [0.15, 0.2) is 11.4 Å². The SMILES string of the molecule is COc1cc2c(cc1S(=O)(=O)Nc1noc3cc(Oc4ccc(N)cn4)cc(OC)c13)CCC2. The topological polar surface area (TPSA) is 139 Å². The molecule has 176 valence electrons. The lowest BCUT2D eigenvalue weighted by atomic mass is 10.1. The Hall–Kier alpha value is -3.99. The largest absolute Gasteiger partial charge is 0.496 e. The smallest absolute Gasteiger partial charge is 0.266 e. The van der Waals surface area contributed by atoms with Crippen LogP contribution < -0.4 is 24.7 Å². The summed E-state index contributed by atoms with van der Waals surface area (Å²) in [6.07, 6.45) is 4.19. The Kier molecular flexibility index (Phi) is 5.40. The van der Waals surface area contributed by atoms with Crippen molar-refractivity contribution in [2.24, 2.45) is 0 Å². The standard InChI is InChI=1S/C23H22N4O6S/c1-30-17-8-13-4-3-5-14(13)9-20(17)34(28,29)27-23-22-18(31-2)10-16(11-19(22)33-26-23)32-21-7-6-15(24)12-25-21/h6-12H,3-5,24H2,1-2H3,(H,26,27). The second-order valence-electron chi connectivity index (χ2n) is 7.79. The number of nitrogens with zero attached hydrogens (tertiary/aromatic N) is 2. The minimum Gasteiger partial charge on any atom is -0.496 e. The van der Waals surface area contributed by atoms with Gasteiger partial charge in [-0.3, -0.25) is 4.72 Å². The normalized spacial score (nSPS) is 13.0. The molecule has 2 heterocycles. The molecular formula is C23H22N4O6S. The zero-order chi connectivity index (χ0) is 23.9. The van der Waals surface area contributed by atoms with Gasteiger partial charge in [-0.1, -0.05) is 5.16 Å². The molecule has 0 aliphatic heterocycles. The van der Waals surface area contributed by atoms with Gasteiger partial charge in [0.05, 0.1) is 26.1 Å². The minimum atomic E-state index is -4.03. The van der Waals surface area contributed by atoms with Gasteiger partial charge in [0.1, 0.15) is 27.5 Å². The first-order valence-electron chi connectivity index (χ1n) is 10.5. The average molecular weight is 483 g/mol. The molecule has 0 bridgehead atoms. The maximum atomic E-state index is 13.3. The Morgan fingerprint density at radius 1 is 1.03 bits per heavy atom. The van der Waals surface area contributed by atoms with Gasteiger partial charge in [0, 0.05) is 18.2 Å². The fourth-order valence-electron chi connectivity index (χ4n) is 4.00. The van der Waals surface area contributed by atoms with E-state index >= 15 is 0 Å². The van der Waals surface area contributed by atoms with E-state index in [1.54, 1.807) is 36.4 Å². The van der Waals surface area contributed by atoms with E-state index in [1.165, 1.54) is 20.4 Å². The van der Waals surface area contributed by atoms with Gasteiger partial charge < -0.3 is 24.5 Å². The van der Waals surface area contributed by atoms with E-state index in [9.17, 15) is 8.42 Å². The predicted octanol–water partition coefficient (Wildman–Crippen LogP) is 3.90. The molecule has 2 aromatic carbocycles. The van der Waals surface area contributed by atoms with Crippen LogP contribution in [-0.2, 0) is 22.9 Å². The van der Waals surface area contributed by atoms with Gasteiger partial charge in [0.25, 0.3) is 10.0 Å². The van der Waals surface area contributed by atoms with Crippen LogP contribution in [0.15, 0.2) is 52.0 Å². The zero-order valence-corrected chi connectivity index (χ0v) is 19.3. The summed E-state index contributed by atoms with van der Waals surface area (Å²) in [4.78, 5) is 4.14. The number of methoxy groups -OCH3 is 2. The van der Waals surface area contributed by atoms with Crippen molar-refractivity contribution in [1.82, 2.24) is 10.1 Å². The molecule has 5 rings (SSSR count). The highest BCUT2D eigenvalue weighted by atomic mass is 32.2. The second-order valence-corrected chi connectivity index (χ2v) is 9.44. The Labute approximate surface area is 195 Å². The van der Waals surface area contributed by atoms with E-state index in [4.69, 9.17) is 24.5 Å². The zero-order valence-electron chi connectivity index (χ0n) is 18.5. The van der Waals surface area contributed by atoms with Gasteiger partial charge >= 0.3 is 0 Å². The fourth-order valence-corrected chi connectivity index (χ4v) is 5.21. The Balaban J connectivity index is 1.50. The van der Waals surface area contributed by atoms with Crippen LogP contribution in [0.5, 0.6) is 23.1 Å². The van der Waals surface area contributed by atoms with Crippen LogP contribution in [0.1, 0.15) is 17.5 Å². The van der Waals surface area contributed by atoms with Crippen LogP contribution in [0.4, 0.5) is 11.5 Å². The lowest BCUT2D eigenvalue weighted by molar-refractivity contribution is 0.402. The Morgan fingerprint density at radius 2 is 1.79 bits per heavy atom. The lowest BCUT2D eigenvalue weighted by Crippen LogP contribution is -2.15. The molecule has 0 saturated carbocycles. The van der Waals surface area contributed by atoms with Crippen molar-refractivity contribution >= 4 is 32.5 Å². The monoisotopic (exact) mass is 482 g/mol. The second kappa shape index (κ2) is 8.41. The number of nitrogens with one attached hydrogen (secondary N) is 1. The van der Waals surface area contributed by atoms with Crippen molar-refractivity contribution in [3.05, 3.63) is 53.7 Å². The molecule has 1 aliphatic rings. The summed E-state index contributed by atoms with van der Waals surface area (Å²) in [6, 6.07) is 9.88. The summed E-state index contributed by atoms with van der Waals surface area (Å²) in [5, 5.41) is 4.28. The van der Waals surface area contributed by atoms with Crippen LogP contribution in [0.25, 0.3) is 11.0 Å². The highest BCUT2D eigenvalue weighted by molar-refractivity contribution is 7.92. The number of benzene rings is 2. The van der Waals surface area contributed by atoms with Crippen LogP contribution in [0.3, 0.4) is 0 Å². The first-order valence-corrected chi connectivity index (χ1v) is 12.0. The third-order valence-electron chi connectivity index (χ3n) is 5.61. The molecule has 11 heteroatoms. The Morgan fingerprint density at radius 3 is 2.50 bits per heavy atom. The quantitative estimate of drug-likeness (QED) is 0.401. The minimum absolute atomic E-state index is 0.00781. The molecule has 3 N–H and O–H groups in total. The number of fused-ring (bicyclic) bond motifs is 2. The molecule has 1 aliphatic carbocycles. The summed E-state index contributed by atoms with van der Waals surface area (Å²) in [5.41, 5.74) is 8.53. The number of aromatic nitrogens is 2. The highest BCUT2D eigenvalue weighted by Crippen LogP contribution is 2.39. The number of pyridine rings is 1. The number of nitrogen functional groups attached to an aromatic ring is 1. The van der Waals surface area contributed by atoms with Gasteiger partial charge in [0.2, 0.25) is 5.88 Å².